The SMILES string of the molecule is C[C@@H]1CCCC[C@@H]1NC(=O)[C@]1(C)Cn2c(nc3ccccc32)C(=O)N1Cc1cccs1. The molecule has 0 radical (unpaired) electrons. The van der Waals surface area contributed by atoms with Crippen molar-refractivity contribution in [3.05, 3.63) is 52.5 Å². The van der Waals surface area contributed by atoms with Crippen LogP contribution in [-0.2, 0) is 17.9 Å². The summed E-state index contributed by atoms with van der Waals surface area (Å²) in [7, 11) is 0. The van der Waals surface area contributed by atoms with E-state index in [1.54, 1.807) is 16.2 Å². The van der Waals surface area contributed by atoms with Gasteiger partial charge < -0.3 is 14.8 Å². The fraction of sp³-hybridized carbons (Fsp3) is 0.458. The van der Waals surface area contributed by atoms with Crippen molar-refractivity contribution in [2.45, 2.75) is 64.2 Å². The van der Waals surface area contributed by atoms with Crippen LogP contribution < -0.4 is 5.32 Å². The smallest absolute Gasteiger partial charge is 0.291 e. The van der Waals surface area contributed by atoms with Gasteiger partial charge >= 0.3 is 0 Å². The quantitative estimate of drug-likeness (QED) is 0.666. The molecule has 1 saturated carbocycles. The minimum absolute atomic E-state index is 0.0698. The summed E-state index contributed by atoms with van der Waals surface area (Å²) < 4.78 is 1.92. The second-order valence-electron chi connectivity index (χ2n) is 9.10. The second kappa shape index (κ2) is 7.79. The minimum atomic E-state index is -0.991. The molecule has 3 heterocycles. The van der Waals surface area contributed by atoms with Crippen LogP contribution in [0.4, 0.5) is 0 Å². The zero-order chi connectivity index (χ0) is 21.6. The molecule has 2 amide bonds. The fourth-order valence-electron chi connectivity index (χ4n) is 4.99. The predicted molar refractivity (Wildman–Crippen MR) is 122 cm³/mol. The zero-order valence-electron chi connectivity index (χ0n) is 18.0. The van der Waals surface area contributed by atoms with Crippen molar-refractivity contribution in [1.82, 2.24) is 19.8 Å². The number of thiophene rings is 1. The second-order valence-corrected chi connectivity index (χ2v) is 10.1. The van der Waals surface area contributed by atoms with Crippen LogP contribution in [0.2, 0.25) is 0 Å². The zero-order valence-corrected chi connectivity index (χ0v) is 18.8. The Morgan fingerprint density at radius 2 is 2.03 bits per heavy atom. The first-order valence-corrected chi connectivity index (χ1v) is 12.0. The molecule has 6 nitrogen and oxygen atoms in total. The summed E-state index contributed by atoms with van der Waals surface area (Å²) in [6.45, 7) is 4.92. The maximum Gasteiger partial charge on any atom is 0.291 e. The van der Waals surface area contributed by atoms with E-state index in [1.165, 1.54) is 6.42 Å². The van der Waals surface area contributed by atoms with Crippen molar-refractivity contribution in [3.8, 4) is 0 Å². The number of carbonyl (C=O) groups excluding carboxylic acids is 2. The Labute approximate surface area is 186 Å². The standard InChI is InChI=1S/C24H28N4O2S/c1-16-8-3-4-10-18(16)26-23(30)24(2)15-27-20-12-6-5-11-19(20)25-21(27)22(29)28(24)14-17-9-7-13-31-17/h5-7,9,11-13,16,18H,3-4,8,10,14-15H2,1-2H3,(H,26,30)/t16-,18+,24+/m1/s1. The highest BCUT2D eigenvalue weighted by Crippen LogP contribution is 2.33. The number of fused-ring (bicyclic) bond motifs is 3. The number of carbonyl (C=O) groups is 2. The molecule has 1 aliphatic heterocycles. The lowest BCUT2D eigenvalue weighted by Crippen LogP contribution is -2.65. The van der Waals surface area contributed by atoms with Crippen molar-refractivity contribution < 1.29 is 9.59 Å². The molecule has 3 atom stereocenters. The molecule has 1 aliphatic carbocycles. The van der Waals surface area contributed by atoms with Gasteiger partial charge in [0.15, 0.2) is 5.82 Å². The lowest BCUT2D eigenvalue weighted by molar-refractivity contribution is -0.134. The van der Waals surface area contributed by atoms with Gasteiger partial charge in [0, 0.05) is 10.9 Å². The van der Waals surface area contributed by atoms with Gasteiger partial charge in [-0.15, -0.1) is 11.3 Å². The van der Waals surface area contributed by atoms with E-state index in [2.05, 4.69) is 17.2 Å². The van der Waals surface area contributed by atoms with Gasteiger partial charge in [0.05, 0.1) is 24.1 Å². The Hall–Kier alpha value is -2.67. The highest BCUT2D eigenvalue weighted by Gasteiger charge is 2.49. The highest BCUT2D eigenvalue weighted by molar-refractivity contribution is 7.09. The van der Waals surface area contributed by atoms with Crippen LogP contribution in [0.5, 0.6) is 0 Å². The molecule has 31 heavy (non-hydrogen) atoms. The van der Waals surface area contributed by atoms with Crippen LogP contribution in [-0.4, -0.2) is 37.8 Å². The molecular weight excluding hydrogens is 408 g/mol. The third-order valence-electron chi connectivity index (χ3n) is 6.96. The molecule has 0 bridgehead atoms. The average Bonchev–Trinajstić information content (AvgIpc) is 3.41. The van der Waals surface area contributed by atoms with Crippen LogP contribution in [0, 0.1) is 5.92 Å². The van der Waals surface area contributed by atoms with Crippen molar-refractivity contribution in [1.29, 1.82) is 0 Å². The van der Waals surface area contributed by atoms with E-state index in [-0.39, 0.29) is 17.9 Å². The molecule has 0 unspecified atom stereocenters. The van der Waals surface area contributed by atoms with Crippen LogP contribution in [0.3, 0.4) is 0 Å². The molecule has 0 spiro atoms. The monoisotopic (exact) mass is 436 g/mol. The van der Waals surface area contributed by atoms with Crippen LogP contribution in [0.1, 0.15) is 55.0 Å². The van der Waals surface area contributed by atoms with E-state index in [4.69, 9.17) is 0 Å². The van der Waals surface area contributed by atoms with E-state index in [0.29, 0.717) is 24.8 Å². The third kappa shape index (κ3) is 3.45. The minimum Gasteiger partial charge on any atom is -0.351 e. The van der Waals surface area contributed by atoms with Crippen molar-refractivity contribution >= 4 is 34.2 Å². The lowest BCUT2D eigenvalue weighted by Gasteiger charge is -2.44. The van der Waals surface area contributed by atoms with Gasteiger partial charge in [-0.3, -0.25) is 9.59 Å². The highest BCUT2D eigenvalue weighted by atomic mass is 32.1. The van der Waals surface area contributed by atoms with Crippen molar-refractivity contribution in [2.75, 3.05) is 0 Å². The first kappa shape index (κ1) is 20.2. The van der Waals surface area contributed by atoms with E-state index in [0.717, 1.165) is 35.2 Å². The Balaban J connectivity index is 1.54. The first-order chi connectivity index (χ1) is 15.0. The van der Waals surface area contributed by atoms with Crippen LogP contribution in [0.25, 0.3) is 11.0 Å². The van der Waals surface area contributed by atoms with Crippen molar-refractivity contribution in [3.63, 3.8) is 0 Å². The van der Waals surface area contributed by atoms with Gasteiger partial charge in [-0.2, -0.15) is 0 Å². The first-order valence-electron chi connectivity index (χ1n) is 11.1. The van der Waals surface area contributed by atoms with E-state index >= 15 is 0 Å². The number of amides is 2. The van der Waals surface area contributed by atoms with Gasteiger partial charge in [0.1, 0.15) is 5.54 Å². The van der Waals surface area contributed by atoms with Crippen LogP contribution >= 0.6 is 11.3 Å². The molecule has 1 fully saturated rings. The van der Waals surface area contributed by atoms with Gasteiger partial charge in [0.25, 0.3) is 5.91 Å². The normalized spacial score (nSPS) is 26.1. The summed E-state index contributed by atoms with van der Waals surface area (Å²) in [5.41, 5.74) is 0.688. The predicted octanol–water partition coefficient (Wildman–Crippen LogP) is 4.21. The van der Waals surface area contributed by atoms with Gasteiger partial charge in [-0.05, 0) is 49.3 Å². The Kier molecular flexibility index (Phi) is 5.08. The number of para-hydroxylation sites is 2. The molecule has 162 valence electrons. The molecule has 1 aromatic carbocycles. The van der Waals surface area contributed by atoms with Crippen molar-refractivity contribution in [2.24, 2.45) is 5.92 Å². The lowest BCUT2D eigenvalue weighted by atomic mass is 9.85. The van der Waals surface area contributed by atoms with Gasteiger partial charge in [0.2, 0.25) is 5.91 Å². The van der Waals surface area contributed by atoms with Gasteiger partial charge in [-0.25, -0.2) is 4.98 Å². The molecular formula is C24H28N4O2S. The molecule has 7 heteroatoms. The topological polar surface area (TPSA) is 67.2 Å². The fourth-order valence-corrected chi connectivity index (χ4v) is 5.68. The Morgan fingerprint density at radius 3 is 2.81 bits per heavy atom. The number of nitrogens with zero attached hydrogens (tertiary/aromatic N) is 3. The summed E-state index contributed by atoms with van der Waals surface area (Å²) in [5, 5.41) is 5.32. The Morgan fingerprint density at radius 1 is 1.23 bits per heavy atom. The number of benzene rings is 1. The number of rotatable bonds is 4. The van der Waals surface area contributed by atoms with E-state index in [1.807, 2.05) is 53.3 Å². The summed E-state index contributed by atoms with van der Waals surface area (Å²) in [5.74, 6) is 0.606. The number of imidazole rings is 1. The van der Waals surface area contributed by atoms with E-state index in [9.17, 15) is 9.59 Å². The maximum absolute atomic E-state index is 13.8. The number of hydrogen-bond donors (Lipinski definition) is 1. The number of nitrogens with one attached hydrogen (secondary N) is 1. The third-order valence-corrected chi connectivity index (χ3v) is 7.83. The Bertz CT molecular complexity index is 1120. The molecule has 2 aromatic heterocycles. The summed E-state index contributed by atoms with van der Waals surface area (Å²) >= 11 is 1.60. The van der Waals surface area contributed by atoms with Gasteiger partial charge in [-0.1, -0.05) is 38.0 Å². The molecule has 2 aliphatic rings. The largest absolute Gasteiger partial charge is 0.351 e. The number of aromatic nitrogens is 2. The molecule has 0 saturated heterocycles. The molecule has 3 aromatic rings. The van der Waals surface area contributed by atoms with Crippen LogP contribution in [0.15, 0.2) is 41.8 Å². The summed E-state index contributed by atoms with van der Waals surface area (Å²) in [6.07, 6.45) is 4.50. The molecule has 1 N–H and O–H groups in total. The average molecular weight is 437 g/mol. The summed E-state index contributed by atoms with van der Waals surface area (Å²) in [4.78, 5) is 34.8. The maximum atomic E-state index is 13.8. The van der Waals surface area contributed by atoms with E-state index < -0.39 is 5.54 Å². The molecule has 5 rings (SSSR count). The number of hydrogen-bond acceptors (Lipinski definition) is 4. The summed E-state index contributed by atoms with van der Waals surface area (Å²) in [6, 6.07) is 11.9.